The quantitative estimate of drug-likeness (QED) is 0.310. The van der Waals surface area contributed by atoms with Crippen LogP contribution in [0.4, 0.5) is 0 Å². The summed E-state index contributed by atoms with van der Waals surface area (Å²) in [5, 5.41) is 14.4. The Labute approximate surface area is 216 Å². The van der Waals surface area contributed by atoms with Crippen LogP contribution in [0, 0.1) is 0 Å². The first-order valence-corrected chi connectivity index (χ1v) is 12.2. The second kappa shape index (κ2) is 10.2. The molecule has 0 aliphatic rings. The Hall–Kier alpha value is -4.87. The minimum Gasteiger partial charge on any atom is -0.468 e. The minimum atomic E-state index is -0.676. The molecule has 0 bridgehead atoms. The maximum Gasteiger partial charge on any atom is 0.333 e. The number of rotatable bonds is 8. The molecule has 3 heterocycles. The second-order valence-corrected chi connectivity index (χ2v) is 8.61. The minimum absolute atomic E-state index is 0.277. The summed E-state index contributed by atoms with van der Waals surface area (Å²) in [5.74, 6) is 0.498. The molecule has 12 nitrogen and oxygen atoms in total. The van der Waals surface area contributed by atoms with Crippen LogP contribution in [0.1, 0.15) is 25.2 Å². The van der Waals surface area contributed by atoms with E-state index in [0.717, 1.165) is 26.8 Å². The third kappa shape index (κ3) is 4.29. The number of nitrogens with one attached hydrogen (secondary N) is 1. The lowest BCUT2D eigenvalue weighted by atomic mass is 9.98. The number of nitrogens with zero attached hydrogens (tertiary/aromatic N) is 7. The zero-order chi connectivity index (χ0) is 26.8. The van der Waals surface area contributed by atoms with E-state index in [1.54, 1.807) is 6.92 Å². The summed E-state index contributed by atoms with van der Waals surface area (Å²) < 4.78 is 8.84. The molecule has 0 radical (unpaired) electrons. The Kier molecular flexibility index (Phi) is 6.69. The molecule has 0 aliphatic heterocycles. The molecule has 12 heteroatoms. The first kappa shape index (κ1) is 24.8. The van der Waals surface area contributed by atoms with Crippen molar-refractivity contribution >= 4 is 17.1 Å². The molecule has 3 aromatic heterocycles. The van der Waals surface area contributed by atoms with Crippen LogP contribution in [0.25, 0.3) is 33.7 Å². The van der Waals surface area contributed by atoms with E-state index in [0.29, 0.717) is 36.8 Å². The number of tetrazole rings is 1. The van der Waals surface area contributed by atoms with Crippen molar-refractivity contribution in [2.24, 2.45) is 0 Å². The van der Waals surface area contributed by atoms with Gasteiger partial charge < -0.3 is 9.30 Å². The number of hydrogen-bond donors (Lipinski definition) is 1. The largest absolute Gasteiger partial charge is 0.468 e. The van der Waals surface area contributed by atoms with Gasteiger partial charge in [-0.25, -0.2) is 14.3 Å². The number of carbonyl (C=O) groups is 1. The molecule has 0 aliphatic carbocycles. The van der Waals surface area contributed by atoms with Gasteiger partial charge in [0.2, 0.25) is 5.82 Å². The molecule has 5 aromatic rings. The molecule has 2 aromatic carbocycles. The van der Waals surface area contributed by atoms with Crippen LogP contribution in [0.2, 0.25) is 0 Å². The fourth-order valence-corrected chi connectivity index (χ4v) is 4.57. The van der Waals surface area contributed by atoms with Crippen LogP contribution < -0.4 is 11.2 Å². The van der Waals surface area contributed by atoms with Crippen molar-refractivity contribution in [2.75, 3.05) is 7.11 Å². The van der Waals surface area contributed by atoms with Crippen molar-refractivity contribution in [3.05, 3.63) is 80.8 Å². The van der Waals surface area contributed by atoms with Gasteiger partial charge in [0.15, 0.2) is 11.2 Å². The Morgan fingerprint density at radius 3 is 2.34 bits per heavy atom. The highest BCUT2D eigenvalue weighted by molar-refractivity contribution is 5.80. The van der Waals surface area contributed by atoms with Crippen molar-refractivity contribution in [3.8, 4) is 22.5 Å². The summed E-state index contributed by atoms with van der Waals surface area (Å²) in [4.78, 5) is 43.0. The maximum absolute atomic E-state index is 13.5. The maximum atomic E-state index is 13.5. The van der Waals surface area contributed by atoms with Crippen molar-refractivity contribution < 1.29 is 9.53 Å². The van der Waals surface area contributed by atoms with Crippen LogP contribution in [-0.4, -0.2) is 52.4 Å². The molecule has 194 valence electrons. The summed E-state index contributed by atoms with van der Waals surface area (Å²) in [5.41, 5.74) is 3.15. The van der Waals surface area contributed by atoms with Crippen molar-refractivity contribution in [2.45, 2.75) is 39.9 Å². The van der Waals surface area contributed by atoms with Crippen LogP contribution in [0.3, 0.4) is 0 Å². The Bertz CT molecular complexity index is 1730. The Morgan fingerprint density at radius 2 is 1.71 bits per heavy atom. The Morgan fingerprint density at radius 1 is 0.974 bits per heavy atom. The van der Waals surface area contributed by atoms with Crippen molar-refractivity contribution in [1.29, 1.82) is 0 Å². The summed E-state index contributed by atoms with van der Waals surface area (Å²) >= 11 is 0. The Balaban J connectivity index is 1.58. The van der Waals surface area contributed by atoms with Crippen LogP contribution in [-0.2, 0) is 35.6 Å². The van der Waals surface area contributed by atoms with Gasteiger partial charge >= 0.3 is 11.7 Å². The number of esters is 1. The van der Waals surface area contributed by atoms with Gasteiger partial charge in [-0.3, -0.25) is 14.2 Å². The second-order valence-electron chi connectivity index (χ2n) is 8.61. The molecule has 38 heavy (non-hydrogen) atoms. The third-order valence-electron chi connectivity index (χ3n) is 6.46. The zero-order valence-electron chi connectivity index (χ0n) is 21.2. The number of H-pyrrole nitrogens is 1. The third-order valence-corrected chi connectivity index (χ3v) is 6.46. The predicted molar refractivity (Wildman–Crippen MR) is 139 cm³/mol. The lowest BCUT2D eigenvalue weighted by Gasteiger charge is -2.12. The van der Waals surface area contributed by atoms with Gasteiger partial charge in [-0.05, 0) is 28.8 Å². The van der Waals surface area contributed by atoms with Gasteiger partial charge in [0.1, 0.15) is 12.4 Å². The normalized spacial score (nSPS) is 11.2. The number of hydrogen-bond acceptors (Lipinski definition) is 8. The molecule has 1 N–H and O–H groups in total. The smallest absolute Gasteiger partial charge is 0.333 e. The van der Waals surface area contributed by atoms with Gasteiger partial charge in [-0.1, -0.05) is 55.5 Å². The standard InChI is InChI=1S/C26H26N8O4/c1-4-20-27-24-22(25(36)34(15-21(35)38-3)26(37)32(24)5-2)33(20)14-16-10-12-17(13-11-16)18-8-6-7-9-19(18)23-28-30-31-29-23/h6-13H,4-5,14-15H2,1-3H3,(H,28,29,30,31). The van der Waals surface area contributed by atoms with Gasteiger partial charge in [0.05, 0.1) is 7.11 Å². The van der Waals surface area contributed by atoms with Gasteiger partial charge in [-0.2, -0.15) is 5.21 Å². The van der Waals surface area contributed by atoms with Gasteiger partial charge in [0, 0.05) is 25.1 Å². The number of aromatic amines is 1. The molecule has 0 spiro atoms. The molecule has 0 atom stereocenters. The summed E-state index contributed by atoms with van der Waals surface area (Å²) in [6, 6.07) is 15.8. The predicted octanol–water partition coefficient (Wildman–Crippen LogP) is 2.01. The van der Waals surface area contributed by atoms with E-state index in [-0.39, 0.29) is 5.52 Å². The molecule has 0 saturated heterocycles. The van der Waals surface area contributed by atoms with E-state index >= 15 is 0 Å². The highest BCUT2D eigenvalue weighted by Crippen LogP contribution is 2.30. The molecule has 0 unspecified atom stereocenters. The monoisotopic (exact) mass is 514 g/mol. The first-order valence-electron chi connectivity index (χ1n) is 12.2. The number of methoxy groups -OCH3 is 1. The van der Waals surface area contributed by atoms with Gasteiger partial charge in [-0.15, -0.1) is 10.2 Å². The average Bonchev–Trinajstić information content (AvgIpc) is 3.60. The first-order chi connectivity index (χ1) is 18.5. The number of fused-ring (bicyclic) bond motifs is 1. The summed E-state index contributed by atoms with van der Waals surface area (Å²) in [6.07, 6.45) is 0.555. The van der Waals surface area contributed by atoms with Crippen LogP contribution in [0.15, 0.2) is 58.1 Å². The zero-order valence-corrected chi connectivity index (χ0v) is 21.2. The van der Waals surface area contributed by atoms with Crippen LogP contribution in [0.5, 0.6) is 0 Å². The van der Waals surface area contributed by atoms with Crippen molar-refractivity contribution in [3.63, 3.8) is 0 Å². The molecule has 0 saturated carbocycles. The number of aromatic nitrogens is 8. The summed E-state index contributed by atoms with van der Waals surface area (Å²) in [7, 11) is 1.22. The van der Waals surface area contributed by atoms with Crippen LogP contribution >= 0.6 is 0 Å². The van der Waals surface area contributed by atoms with E-state index in [1.165, 1.54) is 11.7 Å². The number of imidazole rings is 1. The highest BCUT2D eigenvalue weighted by Gasteiger charge is 2.22. The topological polar surface area (TPSA) is 143 Å². The highest BCUT2D eigenvalue weighted by atomic mass is 16.5. The number of ether oxygens (including phenoxy) is 1. The molecular formula is C26H26N8O4. The lowest BCUT2D eigenvalue weighted by molar-refractivity contribution is -0.141. The number of benzene rings is 2. The fourth-order valence-electron chi connectivity index (χ4n) is 4.57. The number of aryl methyl sites for hydroxylation is 2. The van der Waals surface area contributed by atoms with Crippen molar-refractivity contribution in [1.82, 2.24) is 39.3 Å². The van der Waals surface area contributed by atoms with E-state index in [9.17, 15) is 14.4 Å². The van der Waals surface area contributed by atoms with E-state index in [1.807, 2.05) is 60.0 Å². The molecule has 0 fully saturated rings. The molecule has 5 rings (SSSR count). The van der Waals surface area contributed by atoms with E-state index in [2.05, 4.69) is 25.6 Å². The molecule has 0 amide bonds. The SMILES string of the molecule is CCc1nc2c(c(=O)n(CC(=O)OC)c(=O)n2CC)n1Cc1ccc(-c2ccccc2-c2nn[nH]n2)cc1. The fraction of sp³-hybridized carbons (Fsp3) is 0.269. The molecular weight excluding hydrogens is 488 g/mol. The van der Waals surface area contributed by atoms with E-state index in [4.69, 9.17) is 4.74 Å². The summed E-state index contributed by atoms with van der Waals surface area (Å²) in [6.45, 7) is 3.93. The van der Waals surface area contributed by atoms with E-state index < -0.39 is 23.8 Å². The average molecular weight is 515 g/mol. The number of carbonyl (C=O) groups excluding carboxylic acids is 1. The lowest BCUT2D eigenvalue weighted by Crippen LogP contribution is -2.42. The van der Waals surface area contributed by atoms with Gasteiger partial charge in [0.25, 0.3) is 5.56 Å².